The number of amides is 1. The summed E-state index contributed by atoms with van der Waals surface area (Å²) in [6, 6.07) is 2.61. The summed E-state index contributed by atoms with van der Waals surface area (Å²) >= 11 is 0. The number of aromatic nitrogens is 1. The van der Waals surface area contributed by atoms with Crippen molar-refractivity contribution < 1.29 is 28.9 Å². The third kappa shape index (κ3) is 4.73. The van der Waals surface area contributed by atoms with Crippen LogP contribution >= 0.6 is 0 Å². The normalized spacial score (nSPS) is 17.4. The van der Waals surface area contributed by atoms with Gasteiger partial charge in [-0.3, -0.25) is 9.59 Å². The van der Waals surface area contributed by atoms with E-state index in [0.29, 0.717) is 41.3 Å². The number of rotatable bonds is 9. The Kier molecular flexibility index (Phi) is 7.80. The van der Waals surface area contributed by atoms with Crippen LogP contribution in [0.25, 0.3) is 5.76 Å². The van der Waals surface area contributed by atoms with Crippen LogP contribution in [-0.4, -0.2) is 80.1 Å². The molecule has 0 aliphatic carbocycles. The molecule has 2 N–H and O–H groups in total. The molecule has 35 heavy (non-hydrogen) atoms. The number of aryl methyl sites for hydroxylation is 2. The zero-order valence-corrected chi connectivity index (χ0v) is 21.7. The molecule has 0 radical (unpaired) electrons. The van der Waals surface area contributed by atoms with E-state index >= 15 is 0 Å². The lowest BCUT2D eigenvalue weighted by Crippen LogP contribution is -2.32. The first kappa shape index (κ1) is 26.2. The number of carbonyl (C=O) groups excluding carboxylic acids is 2. The first-order chi connectivity index (χ1) is 16.6. The van der Waals surface area contributed by atoms with Crippen molar-refractivity contribution in [1.82, 2.24) is 14.8 Å². The maximum atomic E-state index is 13.4. The molecule has 9 nitrogen and oxygen atoms in total. The summed E-state index contributed by atoms with van der Waals surface area (Å²) in [5.41, 5.74) is 3.58. The molecule has 1 atom stereocenters. The Morgan fingerprint density at radius 2 is 1.63 bits per heavy atom. The Morgan fingerprint density at radius 1 is 1.03 bits per heavy atom. The molecule has 1 aromatic carbocycles. The number of nitrogens with one attached hydrogen (secondary N) is 1. The van der Waals surface area contributed by atoms with E-state index in [0.717, 1.165) is 23.5 Å². The van der Waals surface area contributed by atoms with Gasteiger partial charge in [0.2, 0.25) is 5.75 Å². The Labute approximate surface area is 206 Å². The predicted molar refractivity (Wildman–Crippen MR) is 133 cm³/mol. The van der Waals surface area contributed by atoms with Gasteiger partial charge in [0.05, 0.1) is 32.9 Å². The number of hydrogen-bond donors (Lipinski definition) is 2. The van der Waals surface area contributed by atoms with Crippen molar-refractivity contribution in [3.05, 3.63) is 45.8 Å². The van der Waals surface area contributed by atoms with Crippen LogP contribution in [0.4, 0.5) is 0 Å². The average Bonchev–Trinajstić information content (AvgIpc) is 3.23. The van der Waals surface area contributed by atoms with Gasteiger partial charge in [-0.1, -0.05) is 0 Å². The monoisotopic (exact) mass is 485 g/mol. The van der Waals surface area contributed by atoms with Crippen LogP contribution in [-0.2, 0) is 9.59 Å². The fraction of sp³-hybridized carbons (Fsp3) is 0.462. The van der Waals surface area contributed by atoms with E-state index in [4.69, 9.17) is 14.2 Å². The first-order valence-corrected chi connectivity index (χ1v) is 11.5. The molecule has 1 saturated heterocycles. The molecule has 190 valence electrons. The van der Waals surface area contributed by atoms with Crippen LogP contribution in [0.15, 0.2) is 17.7 Å². The van der Waals surface area contributed by atoms with E-state index in [-0.39, 0.29) is 11.3 Å². The fourth-order valence-electron chi connectivity index (χ4n) is 4.67. The number of nitrogens with zero attached hydrogens (tertiary/aromatic N) is 2. The van der Waals surface area contributed by atoms with Gasteiger partial charge in [-0.05, 0) is 71.1 Å². The second kappa shape index (κ2) is 10.4. The average molecular weight is 486 g/mol. The zero-order valence-electron chi connectivity index (χ0n) is 21.7. The number of methoxy groups -OCH3 is 3. The number of Topliss-reactive ketones (excluding diaryl/α,β-unsaturated/α-hetero) is 1. The molecule has 1 aromatic heterocycles. The summed E-state index contributed by atoms with van der Waals surface area (Å²) in [4.78, 5) is 33.3. The Hall–Kier alpha value is -3.46. The molecule has 1 unspecified atom stereocenters. The molecule has 3 rings (SSSR count). The number of ether oxygens (including phenoxy) is 3. The maximum Gasteiger partial charge on any atom is 0.295 e. The van der Waals surface area contributed by atoms with Crippen LogP contribution in [0.3, 0.4) is 0 Å². The quantitative estimate of drug-likeness (QED) is 0.319. The Morgan fingerprint density at radius 3 is 2.09 bits per heavy atom. The van der Waals surface area contributed by atoms with Gasteiger partial charge in [0.15, 0.2) is 11.5 Å². The topological polar surface area (TPSA) is 104 Å². The van der Waals surface area contributed by atoms with Gasteiger partial charge in [0, 0.05) is 23.5 Å². The van der Waals surface area contributed by atoms with Gasteiger partial charge in [-0.25, -0.2) is 0 Å². The van der Waals surface area contributed by atoms with Crippen molar-refractivity contribution in [1.29, 1.82) is 0 Å². The largest absolute Gasteiger partial charge is 0.507 e. The predicted octanol–water partition coefficient (Wildman–Crippen LogP) is 3.34. The highest BCUT2D eigenvalue weighted by molar-refractivity contribution is 6.46. The third-order valence-electron chi connectivity index (χ3n) is 6.47. The number of carbonyl (C=O) groups is 2. The number of aliphatic hydroxyl groups excluding tert-OH is 1. The number of hydrogen-bond acceptors (Lipinski definition) is 7. The molecular weight excluding hydrogens is 450 g/mol. The lowest BCUT2D eigenvalue weighted by molar-refractivity contribution is -0.139. The van der Waals surface area contributed by atoms with Crippen LogP contribution in [0, 0.1) is 20.8 Å². The standard InChI is InChI=1S/C26H35N3O6/c1-14-15(2)27-16(3)20(14)23(30)21-22(29(26(32)24(21)31)11-9-10-28(4)5)17-12-18(33-6)25(35-8)19(13-17)34-7/h12-13,22,27,30H,9-11H2,1-8H3/b23-21+. The molecule has 0 bridgehead atoms. The van der Waals surface area contributed by atoms with Gasteiger partial charge in [-0.2, -0.15) is 0 Å². The molecule has 1 amide bonds. The summed E-state index contributed by atoms with van der Waals surface area (Å²) < 4.78 is 16.5. The summed E-state index contributed by atoms with van der Waals surface area (Å²) in [6.07, 6.45) is 0.655. The second-order valence-corrected chi connectivity index (χ2v) is 8.98. The smallest absolute Gasteiger partial charge is 0.295 e. The van der Waals surface area contributed by atoms with E-state index in [1.54, 1.807) is 12.1 Å². The minimum atomic E-state index is -0.820. The summed E-state index contributed by atoms with van der Waals surface area (Å²) in [5, 5.41) is 11.5. The summed E-state index contributed by atoms with van der Waals surface area (Å²) in [6.45, 7) is 6.67. The van der Waals surface area contributed by atoms with E-state index in [9.17, 15) is 14.7 Å². The molecule has 1 aliphatic rings. The summed E-state index contributed by atoms with van der Waals surface area (Å²) in [7, 11) is 8.41. The van der Waals surface area contributed by atoms with Crippen LogP contribution in [0.5, 0.6) is 17.2 Å². The van der Waals surface area contributed by atoms with E-state index in [1.165, 1.54) is 26.2 Å². The highest BCUT2D eigenvalue weighted by Crippen LogP contribution is 2.46. The zero-order chi connectivity index (χ0) is 26.0. The van der Waals surface area contributed by atoms with E-state index in [1.807, 2.05) is 39.8 Å². The third-order valence-corrected chi connectivity index (χ3v) is 6.47. The fourth-order valence-corrected chi connectivity index (χ4v) is 4.67. The van der Waals surface area contributed by atoms with Crippen molar-refractivity contribution in [2.75, 3.05) is 48.5 Å². The lowest BCUT2D eigenvalue weighted by Gasteiger charge is -2.27. The minimum Gasteiger partial charge on any atom is -0.507 e. The number of likely N-dealkylation sites (tertiary alicyclic amines) is 1. The van der Waals surface area contributed by atoms with E-state index in [2.05, 4.69) is 4.98 Å². The van der Waals surface area contributed by atoms with Gasteiger partial charge in [-0.15, -0.1) is 0 Å². The van der Waals surface area contributed by atoms with Gasteiger partial charge in [0.25, 0.3) is 11.7 Å². The SMILES string of the molecule is COc1cc(C2/C(=C(\O)c3c(C)[nH]c(C)c3C)C(=O)C(=O)N2CCCN(C)C)cc(OC)c1OC. The van der Waals surface area contributed by atoms with Crippen molar-refractivity contribution in [3.8, 4) is 17.2 Å². The molecule has 0 saturated carbocycles. The molecule has 1 fully saturated rings. The highest BCUT2D eigenvalue weighted by atomic mass is 16.5. The molecule has 9 heteroatoms. The van der Waals surface area contributed by atoms with Crippen molar-refractivity contribution in [3.63, 3.8) is 0 Å². The first-order valence-electron chi connectivity index (χ1n) is 11.5. The van der Waals surface area contributed by atoms with Crippen LogP contribution in [0.2, 0.25) is 0 Å². The van der Waals surface area contributed by atoms with Gasteiger partial charge in [0.1, 0.15) is 5.76 Å². The molecule has 1 aliphatic heterocycles. The molecular formula is C26H35N3O6. The second-order valence-electron chi connectivity index (χ2n) is 8.98. The van der Waals surface area contributed by atoms with Gasteiger partial charge >= 0.3 is 0 Å². The molecule has 2 aromatic rings. The maximum absolute atomic E-state index is 13.4. The number of ketones is 1. The number of aliphatic hydroxyl groups is 1. The number of aromatic amines is 1. The number of H-pyrrole nitrogens is 1. The van der Waals surface area contributed by atoms with Crippen molar-refractivity contribution >= 4 is 17.4 Å². The summed E-state index contributed by atoms with van der Waals surface area (Å²) in [5.74, 6) is -0.376. The van der Waals surface area contributed by atoms with Crippen LogP contribution < -0.4 is 14.2 Å². The molecule has 0 spiro atoms. The Bertz CT molecular complexity index is 1140. The molecule has 2 heterocycles. The van der Waals surface area contributed by atoms with Crippen molar-refractivity contribution in [2.24, 2.45) is 0 Å². The van der Waals surface area contributed by atoms with Crippen molar-refractivity contribution in [2.45, 2.75) is 33.2 Å². The number of benzene rings is 1. The Balaban J connectivity index is 2.27. The highest BCUT2D eigenvalue weighted by Gasteiger charge is 2.46. The van der Waals surface area contributed by atoms with Gasteiger partial charge < -0.3 is 34.1 Å². The van der Waals surface area contributed by atoms with Crippen LogP contribution in [0.1, 0.15) is 40.5 Å². The minimum absolute atomic E-state index is 0.0410. The lowest BCUT2D eigenvalue weighted by atomic mass is 9.93. The van der Waals surface area contributed by atoms with E-state index < -0.39 is 17.7 Å².